The summed E-state index contributed by atoms with van der Waals surface area (Å²) in [5.41, 5.74) is 1.72. The molecule has 0 aliphatic rings. The van der Waals surface area contributed by atoms with Gasteiger partial charge >= 0.3 is 5.97 Å². The number of nitrogens with two attached hydrogens (primary N) is 1. The van der Waals surface area contributed by atoms with Crippen LogP contribution in [0.15, 0.2) is 53.4 Å². The fourth-order valence-corrected chi connectivity index (χ4v) is 3.09. The van der Waals surface area contributed by atoms with Crippen molar-refractivity contribution in [1.82, 2.24) is 5.32 Å². The smallest absolute Gasteiger partial charge is 0.329 e. The lowest BCUT2D eigenvalue weighted by molar-refractivity contribution is -0.150. The summed E-state index contributed by atoms with van der Waals surface area (Å²) >= 11 is 0. The van der Waals surface area contributed by atoms with E-state index in [4.69, 9.17) is 9.88 Å². The minimum Gasteiger partial charge on any atom is -0.454 e. The average molecular weight is 448 g/mol. The molecule has 0 saturated carbocycles. The second-order valence-corrected chi connectivity index (χ2v) is 8.85. The number of carbonyl (C=O) groups is 3. The van der Waals surface area contributed by atoms with Crippen molar-refractivity contribution in [2.45, 2.75) is 31.7 Å². The number of nitrogens with one attached hydrogen (secondary N) is 2. The molecule has 0 saturated heterocycles. The van der Waals surface area contributed by atoms with Crippen LogP contribution in [0.25, 0.3) is 0 Å². The molecule has 31 heavy (non-hydrogen) atoms. The average Bonchev–Trinajstić information content (AvgIpc) is 2.70. The highest BCUT2D eigenvalue weighted by Crippen LogP contribution is 2.13. The summed E-state index contributed by atoms with van der Waals surface area (Å²) < 4.78 is 27.5. The molecule has 166 valence electrons. The van der Waals surface area contributed by atoms with E-state index < -0.39 is 40.5 Å². The van der Waals surface area contributed by atoms with Crippen LogP contribution in [0.1, 0.15) is 29.8 Å². The van der Waals surface area contributed by atoms with Gasteiger partial charge in [-0.1, -0.05) is 31.5 Å². The maximum absolute atomic E-state index is 12.4. The molecule has 0 aliphatic carbocycles. The number of benzene rings is 2. The Labute approximate surface area is 181 Å². The zero-order valence-corrected chi connectivity index (χ0v) is 18.2. The van der Waals surface area contributed by atoms with Crippen molar-refractivity contribution in [3.63, 3.8) is 0 Å². The number of esters is 1. The summed E-state index contributed by atoms with van der Waals surface area (Å²) in [6.45, 7) is 4.82. The number of anilines is 1. The quantitative estimate of drug-likeness (QED) is 0.524. The number of aryl methyl sites for hydroxylation is 1. The van der Waals surface area contributed by atoms with Crippen LogP contribution in [0.3, 0.4) is 0 Å². The Morgan fingerprint density at radius 3 is 2.10 bits per heavy atom. The molecule has 2 rings (SSSR count). The van der Waals surface area contributed by atoms with Crippen LogP contribution in [0.4, 0.5) is 5.69 Å². The van der Waals surface area contributed by atoms with Gasteiger partial charge in [-0.15, -0.1) is 0 Å². The number of hydrogen-bond donors (Lipinski definition) is 3. The van der Waals surface area contributed by atoms with Crippen molar-refractivity contribution >= 4 is 33.5 Å². The third-order valence-corrected chi connectivity index (χ3v) is 5.26. The summed E-state index contributed by atoms with van der Waals surface area (Å²) in [6, 6.07) is 11.2. The minimum absolute atomic E-state index is 0.0963. The van der Waals surface area contributed by atoms with Crippen molar-refractivity contribution < 1.29 is 27.5 Å². The topological polar surface area (TPSA) is 145 Å². The lowest BCUT2D eigenvalue weighted by atomic mass is 10.0. The normalized spacial score (nSPS) is 12.2. The highest BCUT2D eigenvalue weighted by Gasteiger charge is 2.26. The van der Waals surface area contributed by atoms with Gasteiger partial charge in [-0.3, -0.25) is 9.59 Å². The molecule has 2 aromatic carbocycles. The van der Waals surface area contributed by atoms with Gasteiger partial charge in [0.1, 0.15) is 6.04 Å². The number of sulfonamides is 1. The molecule has 0 aliphatic heterocycles. The monoisotopic (exact) mass is 447 g/mol. The van der Waals surface area contributed by atoms with E-state index in [1.807, 2.05) is 6.92 Å². The highest BCUT2D eigenvalue weighted by atomic mass is 32.2. The Bertz CT molecular complexity index is 1050. The minimum atomic E-state index is -3.84. The first kappa shape index (κ1) is 24.0. The zero-order valence-electron chi connectivity index (χ0n) is 17.4. The lowest BCUT2D eigenvalue weighted by Gasteiger charge is -2.21. The first-order valence-electron chi connectivity index (χ1n) is 9.44. The zero-order chi connectivity index (χ0) is 23.2. The van der Waals surface area contributed by atoms with E-state index in [9.17, 15) is 22.8 Å². The Morgan fingerprint density at radius 1 is 1.00 bits per heavy atom. The van der Waals surface area contributed by atoms with Gasteiger partial charge in [-0.05, 0) is 49.2 Å². The summed E-state index contributed by atoms with van der Waals surface area (Å²) in [5.74, 6) is -2.05. The molecular weight excluding hydrogens is 422 g/mol. The van der Waals surface area contributed by atoms with Crippen molar-refractivity contribution in [3.05, 3.63) is 59.7 Å². The predicted octanol–water partition coefficient (Wildman–Crippen LogP) is 1.58. The third kappa shape index (κ3) is 7.19. The lowest BCUT2D eigenvalue weighted by Crippen LogP contribution is -2.45. The van der Waals surface area contributed by atoms with Gasteiger partial charge in [0, 0.05) is 11.3 Å². The molecule has 1 atom stereocenters. The van der Waals surface area contributed by atoms with E-state index in [1.165, 1.54) is 24.3 Å². The predicted molar refractivity (Wildman–Crippen MR) is 115 cm³/mol. The molecule has 0 spiro atoms. The van der Waals surface area contributed by atoms with E-state index in [1.54, 1.807) is 38.1 Å². The maximum Gasteiger partial charge on any atom is 0.329 e. The van der Waals surface area contributed by atoms with Crippen LogP contribution in [0, 0.1) is 12.8 Å². The second kappa shape index (κ2) is 10.2. The molecule has 10 heteroatoms. The van der Waals surface area contributed by atoms with Gasteiger partial charge in [0.25, 0.3) is 11.8 Å². The van der Waals surface area contributed by atoms with Crippen LogP contribution < -0.4 is 15.8 Å². The van der Waals surface area contributed by atoms with Crippen molar-refractivity contribution in [3.8, 4) is 0 Å². The van der Waals surface area contributed by atoms with Crippen molar-refractivity contribution in [2.75, 3.05) is 11.9 Å². The molecule has 0 fully saturated rings. The fraction of sp³-hybridized carbons (Fsp3) is 0.286. The molecule has 9 nitrogen and oxygen atoms in total. The first-order chi connectivity index (χ1) is 14.5. The highest BCUT2D eigenvalue weighted by molar-refractivity contribution is 7.89. The summed E-state index contributed by atoms with van der Waals surface area (Å²) in [5, 5.41) is 10.1. The van der Waals surface area contributed by atoms with Crippen LogP contribution >= 0.6 is 0 Å². The van der Waals surface area contributed by atoms with Crippen LogP contribution in [0.2, 0.25) is 0 Å². The molecule has 0 radical (unpaired) electrons. The number of primary sulfonamides is 1. The van der Waals surface area contributed by atoms with E-state index in [-0.39, 0.29) is 10.8 Å². The molecule has 2 aromatic rings. The Kier molecular flexibility index (Phi) is 7.89. The van der Waals surface area contributed by atoms with E-state index in [0.29, 0.717) is 11.3 Å². The molecule has 0 aromatic heterocycles. The summed E-state index contributed by atoms with van der Waals surface area (Å²) in [7, 11) is -3.84. The molecule has 2 amide bonds. The van der Waals surface area contributed by atoms with Gasteiger partial charge in [-0.2, -0.15) is 0 Å². The first-order valence-corrected chi connectivity index (χ1v) is 11.0. The second-order valence-electron chi connectivity index (χ2n) is 7.29. The number of hydrogen-bond acceptors (Lipinski definition) is 6. The molecule has 0 heterocycles. The van der Waals surface area contributed by atoms with E-state index in [2.05, 4.69) is 10.6 Å². The number of rotatable bonds is 8. The fourth-order valence-electron chi connectivity index (χ4n) is 2.58. The number of amides is 2. The van der Waals surface area contributed by atoms with Gasteiger partial charge in [0.05, 0.1) is 4.90 Å². The van der Waals surface area contributed by atoms with Gasteiger partial charge in [-0.25, -0.2) is 18.4 Å². The Balaban J connectivity index is 1.92. The molecule has 0 bridgehead atoms. The molecular formula is C21H25N3O6S. The number of carbonyl (C=O) groups excluding carboxylic acids is 3. The molecule has 0 unspecified atom stereocenters. The maximum atomic E-state index is 12.4. The van der Waals surface area contributed by atoms with Crippen LogP contribution in [0.5, 0.6) is 0 Å². The van der Waals surface area contributed by atoms with Gasteiger partial charge < -0.3 is 15.4 Å². The van der Waals surface area contributed by atoms with E-state index in [0.717, 1.165) is 5.56 Å². The number of ether oxygens (including phenoxy) is 1. The third-order valence-electron chi connectivity index (χ3n) is 4.33. The Hall–Kier alpha value is -3.24. The van der Waals surface area contributed by atoms with Gasteiger partial charge in [0.15, 0.2) is 6.61 Å². The SMILES string of the molecule is Cc1ccc(C(=O)N[C@H](C(=O)OCC(=O)Nc2ccc(S(N)(=O)=O)cc2)C(C)C)cc1. The Morgan fingerprint density at radius 2 is 1.58 bits per heavy atom. The van der Waals surface area contributed by atoms with Crippen molar-refractivity contribution in [1.29, 1.82) is 0 Å². The van der Waals surface area contributed by atoms with E-state index >= 15 is 0 Å². The van der Waals surface area contributed by atoms with Crippen LogP contribution in [-0.2, 0) is 24.3 Å². The van der Waals surface area contributed by atoms with Gasteiger partial charge in [0.2, 0.25) is 10.0 Å². The standard InChI is InChI=1S/C21H25N3O6S/c1-13(2)19(24-20(26)15-6-4-14(3)5-7-15)21(27)30-12-18(25)23-16-8-10-17(11-9-16)31(22,28)29/h4-11,13,19H,12H2,1-3H3,(H,23,25)(H,24,26)(H2,22,28,29)/t19-/m0/s1. The van der Waals surface area contributed by atoms with Crippen molar-refractivity contribution in [2.24, 2.45) is 11.1 Å². The summed E-state index contributed by atoms with van der Waals surface area (Å²) in [6.07, 6.45) is 0. The molecule has 4 N–H and O–H groups in total. The summed E-state index contributed by atoms with van der Waals surface area (Å²) in [4.78, 5) is 36.8. The largest absolute Gasteiger partial charge is 0.454 e. The van der Waals surface area contributed by atoms with Crippen LogP contribution in [-0.4, -0.2) is 38.9 Å².